The third-order valence-electron chi connectivity index (χ3n) is 1.37. The summed E-state index contributed by atoms with van der Waals surface area (Å²) in [6.07, 6.45) is 8.78. The van der Waals surface area contributed by atoms with Gasteiger partial charge in [0.15, 0.2) is 0 Å². The van der Waals surface area contributed by atoms with E-state index in [1.807, 2.05) is 0 Å². The van der Waals surface area contributed by atoms with Crippen molar-refractivity contribution in [1.29, 1.82) is 0 Å². The molecule has 0 saturated heterocycles. The van der Waals surface area contributed by atoms with Gasteiger partial charge in [-0.1, -0.05) is 31.3 Å². The Morgan fingerprint density at radius 1 is 1.36 bits per heavy atom. The van der Waals surface area contributed by atoms with Gasteiger partial charge in [-0.25, -0.2) is 4.79 Å². The Balaban J connectivity index is 3.07. The van der Waals surface area contributed by atoms with Crippen LogP contribution in [0.15, 0.2) is 10.2 Å². The van der Waals surface area contributed by atoms with Gasteiger partial charge in [0.05, 0.1) is 0 Å². The molecule has 3 nitrogen and oxygen atoms in total. The van der Waals surface area contributed by atoms with Gasteiger partial charge in [-0.05, 0) is 12.8 Å². The zero-order chi connectivity index (χ0) is 8.36. The van der Waals surface area contributed by atoms with Gasteiger partial charge >= 0.3 is 0 Å². The van der Waals surface area contributed by atoms with E-state index >= 15 is 0 Å². The maximum Gasteiger partial charge on any atom is 0.260 e. The van der Waals surface area contributed by atoms with E-state index in [0.717, 1.165) is 12.8 Å². The van der Waals surface area contributed by atoms with Gasteiger partial charge in [0, 0.05) is 6.21 Å². The van der Waals surface area contributed by atoms with Crippen LogP contribution in [0.25, 0.3) is 0 Å². The SMILES string of the molecule is CCCCCCC=NN=C=O. The zero-order valence-corrected chi connectivity index (χ0v) is 6.92. The summed E-state index contributed by atoms with van der Waals surface area (Å²) in [6, 6.07) is 0. The summed E-state index contributed by atoms with van der Waals surface area (Å²) in [5.74, 6) is 0. The normalized spacial score (nSPS) is 9.91. The minimum atomic E-state index is 0.908. The van der Waals surface area contributed by atoms with Crippen LogP contribution in [0, 0.1) is 0 Å². The minimum Gasteiger partial charge on any atom is -0.209 e. The second-order valence-corrected chi connectivity index (χ2v) is 2.34. The zero-order valence-electron chi connectivity index (χ0n) is 6.92. The Labute approximate surface area is 67.2 Å². The van der Waals surface area contributed by atoms with E-state index in [1.54, 1.807) is 6.21 Å². The molecular formula is C8H14N2O. The van der Waals surface area contributed by atoms with Crippen molar-refractivity contribution in [3.8, 4) is 0 Å². The van der Waals surface area contributed by atoms with Gasteiger partial charge in [-0.3, -0.25) is 0 Å². The standard InChI is InChI=1S/C8H14N2O/c1-2-3-4-5-6-7-9-10-8-11/h7H,2-6H2,1H3. The first-order chi connectivity index (χ1) is 5.41. The molecule has 0 unspecified atom stereocenters. The fourth-order valence-corrected chi connectivity index (χ4v) is 0.785. The minimum absolute atomic E-state index is 0.908. The van der Waals surface area contributed by atoms with Crippen molar-refractivity contribution in [3.63, 3.8) is 0 Å². The molecule has 0 aromatic carbocycles. The first-order valence-electron chi connectivity index (χ1n) is 4.00. The highest BCUT2D eigenvalue weighted by molar-refractivity contribution is 5.57. The van der Waals surface area contributed by atoms with Crippen molar-refractivity contribution in [2.45, 2.75) is 39.0 Å². The second kappa shape index (κ2) is 9.05. The van der Waals surface area contributed by atoms with Crippen molar-refractivity contribution in [2.24, 2.45) is 10.2 Å². The molecule has 0 radical (unpaired) electrons. The molecule has 62 valence electrons. The van der Waals surface area contributed by atoms with Crippen LogP contribution in [-0.4, -0.2) is 12.3 Å². The molecule has 3 heteroatoms. The Hall–Kier alpha value is -0.950. The van der Waals surface area contributed by atoms with Crippen molar-refractivity contribution in [1.82, 2.24) is 0 Å². The molecule has 0 aromatic heterocycles. The number of nitrogens with zero attached hydrogens (tertiary/aromatic N) is 2. The lowest BCUT2D eigenvalue weighted by atomic mass is 10.2. The summed E-state index contributed by atoms with van der Waals surface area (Å²) in [5.41, 5.74) is 0. The van der Waals surface area contributed by atoms with Crippen molar-refractivity contribution >= 4 is 12.3 Å². The number of rotatable bonds is 6. The molecule has 0 amide bonds. The molecule has 0 aromatic rings. The van der Waals surface area contributed by atoms with E-state index in [2.05, 4.69) is 17.1 Å². The van der Waals surface area contributed by atoms with Crippen LogP contribution in [0.2, 0.25) is 0 Å². The van der Waals surface area contributed by atoms with E-state index in [0.29, 0.717) is 0 Å². The predicted octanol–water partition coefficient (Wildman–Crippen LogP) is 2.28. The average molecular weight is 154 g/mol. The molecule has 0 atom stereocenters. The number of hydrogen-bond acceptors (Lipinski definition) is 3. The van der Waals surface area contributed by atoms with Crippen LogP contribution in [0.5, 0.6) is 0 Å². The van der Waals surface area contributed by atoms with E-state index < -0.39 is 0 Å². The van der Waals surface area contributed by atoms with E-state index in [-0.39, 0.29) is 0 Å². The van der Waals surface area contributed by atoms with Gasteiger partial charge < -0.3 is 0 Å². The van der Waals surface area contributed by atoms with Crippen LogP contribution >= 0.6 is 0 Å². The first-order valence-corrected chi connectivity index (χ1v) is 4.00. The monoisotopic (exact) mass is 154 g/mol. The number of unbranched alkanes of at least 4 members (excludes halogenated alkanes) is 4. The molecule has 0 N–H and O–H groups in total. The smallest absolute Gasteiger partial charge is 0.209 e. The van der Waals surface area contributed by atoms with E-state index in [9.17, 15) is 4.79 Å². The Bertz CT molecular complexity index is 148. The van der Waals surface area contributed by atoms with Crippen LogP contribution in [0.3, 0.4) is 0 Å². The quantitative estimate of drug-likeness (QED) is 0.250. The van der Waals surface area contributed by atoms with Gasteiger partial charge in [0.25, 0.3) is 6.08 Å². The lowest BCUT2D eigenvalue weighted by Gasteiger charge is -1.91. The Morgan fingerprint density at radius 3 is 2.82 bits per heavy atom. The molecule has 0 fully saturated rings. The predicted molar refractivity (Wildman–Crippen MR) is 45.4 cm³/mol. The van der Waals surface area contributed by atoms with Crippen LogP contribution < -0.4 is 0 Å². The molecule has 0 aliphatic heterocycles. The fourth-order valence-electron chi connectivity index (χ4n) is 0.785. The number of hydrogen-bond donors (Lipinski definition) is 0. The molecule has 0 bridgehead atoms. The molecule has 0 aliphatic carbocycles. The topological polar surface area (TPSA) is 41.8 Å². The summed E-state index contributed by atoms with van der Waals surface area (Å²) >= 11 is 0. The molecule has 0 heterocycles. The van der Waals surface area contributed by atoms with E-state index in [4.69, 9.17) is 0 Å². The molecule has 0 rings (SSSR count). The summed E-state index contributed by atoms with van der Waals surface area (Å²) in [5, 5.41) is 6.52. The molecule has 0 aliphatic rings. The van der Waals surface area contributed by atoms with E-state index in [1.165, 1.54) is 25.3 Å². The summed E-state index contributed by atoms with van der Waals surface area (Å²) in [4.78, 5) is 9.53. The van der Waals surface area contributed by atoms with Crippen molar-refractivity contribution < 1.29 is 4.79 Å². The van der Waals surface area contributed by atoms with Crippen LogP contribution in [0.1, 0.15) is 39.0 Å². The number of carbonyl (C=O) groups excluding carboxylic acids is 1. The van der Waals surface area contributed by atoms with Gasteiger partial charge in [-0.15, -0.1) is 0 Å². The van der Waals surface area contributed by atoms with Crippen LogP contribution in [-0.2, 0) is 4.79 Å². The summed E-state index contributed by atoms with van der Waals surface area (Å²) in [6.45, 7) is 2.17. The lowest BCUT2D eigenvalue weighted by molar-refractivity contribution is 0.563. The summed E-state index contributed by atoms with van der Waals surface area (Å²) in [7, 11) is 0. The third-order valence-corrected chi connectivity index (χ3v) is 1.37. The average Bonchev–Trinajstić information content (AvgIpc) is 2.03. The molecule has 0 spiro atoms. The second-order valence-electron chi connectivity index (χ2n) is 2.34. The highest BCUT2D eigenvalue weighted by Gasteiger charge is 1.83. The molecular weight excluding hydrogens is 140 g/mol. The Kier molecular flexibility index (Phi) is 8.27. The molecule has 11 heavy (non-hydrogen) atoms. The largest absolute Gasteiger partial charge is 0.260 e. The molecule has 0 saturated carbocycles. The van der Waals surface area contributed by atoms with Crippen molar-refractivity contribution in [3.05, 3.63) is 0 Å². The number of isocyanates is 1. The Morgan fingerprint density at radius 2 is 2.18 bits per heavy atom. The fraction of sp³-hybridized carbons (Fsp3) is 0.750. The van der Waals surface area contributed by atoms with Gasteiger partial charge in [-0.2, -0.15) is 5.10 Å². The van der Waals surface area contributed by atoms with Crippen molar-refractivity contribution in [2.75, 3.05) is 0 Å². The highest BCUT2D eigenvalue weighted by Crippen LogP contribution is 2.00. The van der Waals surface area contributed by atoms with Gasteiger partial charge in [0.2, 0.25) is 0 Å². The first kappa shape index (κ1) is 10.0. The highest BCUT2D eigenvalue weighted by atomic mass is 16.1. The van der Waals surface area contributed by atoms with Gasteiger partial charge in [0.1, 0.15) is 0 Å². The maximum atomic E-state index is 9.53. The summed E-state index contributed by atoms with van der Waals surface area (Å²) < 4.78 is 0. The maximum absolute atomic E-state index is 9.53. The third kappa shape index (κ3) is 9.05. The lowest BCUT2D eigenvalue weighted by Crippen LogP contribution is -1.77. The van der Waals surface area contributed by atoms with Crippen LogP contribution in [0.4, 0.5) is 0 Å².